The number of nitrogens with one attached hydrogen (secondary N) is 2. The molecule has 1 rings (SSSR count). The first-order chi connectivity index (χ1) is 6.52. The summed E-state index contributed by atoms with van der Waals surface area (Å²) in [7, 11) is 0. The van der Waals surface area contributed by atoms with Crippen LogP contribution in [-0.4, -0.2) is 25.2 Å². The van der Waals surface area contributed by atoms with Crippen LogP contribution in [0, 0.1) is 11.8 Å². The van der Waals surface area contributed by atoms with Crippen LogP contribution < -0.4 is 10.2 Å². The summed E-state index contributed by atoms with van der Waals surface area (Å²) in [6, 6.07) is 0. The predicted octanol–water partition coefficient (Wildman–Crippen LogP) is -0.400. The summed E-state index contributed by atoms with van der Waals surface area (Å²) in [6.07, 6.45) is 0.810. The van der Waals surface area contributed by atoms with E-state index in [2.05, 4.69) is 0 Å². The van der Waals surface area contributed by atoms with E-state index < -0.39 is 12.1 Å². The second-order valence-corrected chi connectivity index (χ2v) is 3.47. The van der Waals surface area contributed by atoms with Crippen molar-refractivity contribution in [2.24, 2.45) is 11.8 Å². The SMILES string of the molecule is C[C@H]([O-])C(=O)[O-].[NH-]CC1CCC1C[NH-].[Pt+4]. The van der Waals surface area contributed by atoms with Gasteiger partial charge in [0.25, 0.3) is 0 Å². The van der Waals surface area contributed by atoms with Crippen molar-refractivity contribution in [3.63, 3.8) is 0 Å². The number of carboxylic acids is 1. The van der Waals surface area contributed by atoms with Crippen LogP contribution in [0.2, 0.25) is 0 Å². The molecule has 0 heterocycles. The third-order valence-corrected chi connectivity index (χ3v) is 2.43. The van der Waals surface area contributed by atoms with Gasteiger partial charge < -0.3 is 26.5 Å². The van der Waals surface area contributed by atoms with Gasteiger partial charge in [-0.05, 0) is 0 Å². The second kappa shape index (κ2) is 9.28. The summed E-state index contributed by atoms with van der Waals surface area (Å²) in [5.74, 6) is -0.394. The Balaban J connectivity index is 0. The summed E-state index contributed by atoms with van der Waals surface area (Å²) < 4.78 is 0. The molecule has 1 aliphatic carbocycles. The summed E-state index contributed by atoms with van der Waals surface area (Å²) in [6.45, 7) is 2.11. The fraction of sp³-hybridized carbons (Fsp3) is 0.889. The fourth-order valence-electron chi connectivity index (χ4n) is 1.18. The van der Waals surface area contributed by atoms with Crippen molar-refractivity contribution >= 4 is 5.97 Å². The Bertz CT molecular complexity index is 165. The first-order valence-electron chi connectivity index (χ1n) is 4.68. The number of hydrogen-bond donors (Lipinski definition) is 0. The minimum atomic E-state index is -1.59. The maximum atomic E-state index is 9.56. The number of carbonyl (C=O) groups is 1. The summed E-state index contributed by atoms with van der Waals surface area (Å²) >= 11 is 0. The van der Waals surface area contributed by atoms with Crippen LogP contribution in [0.1, 0.15) is 19.8 Å². The Labute approximate surface area is 104 Å². The van der Waals surface area contributed by atoms with Gasteiger partial charge in [0.05, 0.1) is 0 Å². The molecule has 0 aliphatic heterocycles. The molecule has 15 heavy (non-hydrogen) atoms. The zero-order valence-electron chi connectivity index (χ0n) is 8.60. The molecule has 1 saturated carbocycles. The number of aliphatic carboxylic acids is 1. The van der Waals surface area contributed by atoms with Gasteiger partial charge >= 0.3 is 21.1 Å². The van der Waals surface area contributed by atoms with Gasteiger partial charge in [-0.15, -0.1) is 13.1 Å². The normalized spacial score (nSPS) is 25.1. The number of hydrogen-bond acceptors (Lipinski definition) is 3. The topological polar surface area (TPSA) is 111 Å². The van der Waals surface area contributed by atoms with Crippen molar-refractivity contribution in [3.05, 3.63) is 11.5 Å². The van der Waals surface area contributed by atoms with E-state index in [1.165, 1.54) is 12.8 Å². The molecule has 5 nitrogen and oxygen atoms in total. The Kier molecular flexibility index (Phi) is 10.8. The second-order valence-electron chi connectivity index (χ2n) is 3.47. The van der Waals surface area contributed by atoms with E-state index >= 15 is 0 Å². The minimum Gasteiger partial charge on any atom is -0.848 e. The minimum absolute atomic E-state index is 0. The molecule has 3 atom stereocenters. The van der Waals surface area contributed by atoms with E-state index in [-0.39, 0.29) is 21.1 Å². The van der Waals surface area contributed by atoms with E-state index in [1.807, 2.05) is 0 Å². The first kappa shape index (κ1) is 17.4. The molecule has 90 valence electrons. The molecule has 0 aromatic heterocycles. The molecule has 0 bridgehead atoms. The van der Waals surface area contributed by atoms with Gasteiger partial charge in [0, 0.05) is 5.97 Å². The zero-order chi connectivity index (χ0) is 11.1. The maximum absolute atomic E-state index is 9.56. The van der Waals surface area contributed by atoms with E-state index in [4.69, 9.17) is 11.5 Å². The quantitative estimate of drug-likeness (QED) is 0.648. The molecular weight excluding hydrogens is 379 g/mol. The van der Waals surface area contributed by atoms with Crippen LogP contribution in [0.25, 0.3) is 11.5 Å². The predicted molar refractivity (Wildman–Crippen MR) is 49.1 cm³/mol. The third-order valence-electron chi connectivity index (χ3n) is 2.43. The Hall–Kier alpha value is 0.0383. The molecule has 1 aliphatic rings. The molecule has 0 radical (unpaired) electrons. The average molecular weight is 395 g/mol. The van der Waals surface area contributed by atoms with Crippen molar-refractivity contribution in [2.75, 3.05) is 13.1 Å². The van der Waals surface area contributed by atoms with Gasteiger partial charge in [0.15, 0.2) is 0 Å². The Morgan fingerprint density at radius 3 is 1.67 bits per heavy atom. The zero-order valence-corrected chi connectivity index (χ0v) is 10.9. The molecule has 0 aromatic carbocycles. The van der Waals surface area contributed by atoms with Crippen molar-refractivity contribution < 1.29 is 36.1 Å². The van der Waals surface area contributed by atoms with Gasteiger partial charge in [0.2, 0.25) is 0 Å². The molecule has 6 heteroatoms. The molecular formula is C9H16N2O3Pt. The molecule has 0 aromatic rings. The van der Waals surface area contributed by atoms with Crippen LogP contribution >= 0.6 is 0 Å². The van der Waals surface area contributed by atoms with Crippen LogP contribution in [0.5, 0.6) is 0 Å². The largest absolute Gasteiger partial charge is 4.00 e. The summed E-state index contributed by atoms with van der Waals surface area (Å²) in [5, 5.41) is 18.8. The molecule has 0 amide bonds. The van der Waals surface area contributed by atoms with Gasteiger partial charge in [-0.25, -0.2) is 0 Å². The van der Waals surface area contributed by atoms with Gasteiger partial charge in [0.1, 0.15) is 0 Å². The van der Waals surface area contributed by atoms with Gasteiger partial charge in [-0.2, -0.15) is 0 Å². The molecule has 0 spiro atoms. The van der Waals surface area contributed by atoms with Crippen LogP contribution in [-0.2, 0) is 25.9 Å². The van der Waals surface area contributed by atoms with Crippen molar-refractivity contribution in [1.29, 1.82) is 0 Å². The summed E-state index contributed by atoms with van der Waals surface area (Å²) in [4.78, 5) is 9.28. The third kappa shape index (κ3) is 7.01. The molecule has 1 fully saturated rings. The maximum Gasteiger partial charge on any atom is 4.00 e. The van der Waals surface area contributed by atoms with Gasteiger partial charge in [-0.3, -0.25) is 0 Å². The van der Waals surface area contributed by atoms with Crippen LogP contribution in [0.15, 0.2) is 0 Å². The molecule has 2 N–H and O–H groups in total. The first-order valence-corrected chi connectivity index (χ1v) is 4.68. The fourth-order valence-corrected chi connectivity index (χ4v) is 1.18. The molecule has 0 saturated heterocycles. The summed E-state index contributed by atoms with van der Waals surface area (Å²) in [5.41, 5.74) is 14.0. The van der Waals surface area contributed by atoms with Crippen molar-refractivity contribution in [2.45, 2.75) is 25.9 Å². The Morgan fingerprint density at radius 1 is 1.33 bits per heavy atom. The standard InChI is InChI=1S/C6H12N2.C3H5O3.Pt/c7-3-5-1-2-6(5)4-8;1-2(4)3(5)6;/h5-8H,1-4H2;2H,1H3,(H,5,6);/q-2;-1;+4/p-1/t;2-;/m.0./s1. The van der Waals surface area contributed by atoms with Crippen LogP contribution in [0.4, 0.5) is 0 Å². The van der Waals surface area contributed by atoms with E-state index in [9.17, 15) is 15.0 Å². The average Bonchev–Trinajstić information content (AvgIpc) is 2.05. The van der Waals surface area contributed by atoms with Crippen molar-refractivity contribution in [1.82, 2.24) is 0 Å². The van der Waals surface area contributed by atoms with E-state index in [0.717, 1.165) is 6.92 Å². The Morgan fingerprint density at radius 2 is 1.60 bits per heavy atom. The van der Waals surface area contributed by atoms with E-state index in [1.54, 1.807) is 0 Å². The van der Waals surface area contributed by atoms with Crippen LogP contribution in [0.3, 0.4) is 0 Å². The van der Waals surface area contributed by atoms with Crippen molar-refractivity contribution in [3.8, 4) is 0 Å². The van der Waals surface area contributed by atoms with Gasteiger partial charge in [-0.1, -0.05) is 37.7 Å². The number of rotatable bonds is 3. The monoisotopic (exact) mass is 395 g/mol. The number of carbonyl (C=O) groups excluding carboxylic acids is 1. The molecule has 2 unspecified atom stereocenters. The number of carboxylic acid groups (broad SMARTS) is 1. The smallest absolute Gasteiger partial charge is 0.848 e. The van der Waals surface area contributed by atoms with E-state index in [0.29, 0.717) is 24.9 Å².